The van der Waals surface area contributed by atoms with Crippen LogP contribution in [0, 0.1) is 0 Å². The SMILES string of the molecule is CNc1ccc(N(C)c2ccccc2)cc1. The van der Waals surface area contributed by atoms with Gasteiger partial charge in [0, 0.05) is 31.2 Å². The number of para-hydroxylation sites is 1. The van der Waals surface area contributed by atoms with Crippen LogP contribution in [0.15, 0.2) is 54.6 Å². The predicted molar refractivity (Wildman–Crippen MR) is 70.5 cm³/mol. The third-order valence-electron chi connectivity index (χ3n) is 2.69. The molecule has 0 amide bonds. The average Bonchev–Trinajstić information content (AvgIpc) is 2.39. The van der Waals surface area contributed by atoms with Gasteiger partial charge in [0.25, 0.3) is 0 Å². The van der Waals surface area contributed by atoms with Gasteiger partial charge in [-0.3, -0.25) is 0 Å². The summed E-state index contributed by atoms with van der Waals surface area (Å²) in [6.07, 6.45) is 0. The van der Waals surface area contributed by atoms with Gasteiger partial charge < -0.3 is 10.2 Å². The zero-order chi connectivity index (χ0) is 11.4. The van der Waals surface area contributed by atoms with Gasteiger partial charge >= 0.3 is 0 Å². The van der Waals surface area contributed by atoms with Crippen LogP contribution in [0.4, 0.5) is 17.1 Å². The largest absolute Gasteiger partial charge is 0.388 e. The van der Waals surface area contributed by atoms with Crippen LogP contribution in [0.5, 0.6) is 0 Å². The second-order valence-corrected chi connectivity index (χ2v) is 3.69. The Hall–Kier alpha value is -1.96. The number of benzene rings is 2. The highest BCUT2D eigenvalue weighted by atomic mass is 15.1. The lowest BCUT2D eigenvalue weighted by molar-refractivity contribution is 1.21. The van der Waals surface area contributed by atoms with Crippen molar-refractivity contribution in [1.82, 2.24) is 0 Å². The van der Waals surface area contributed by atoms with Crippen LogP contribution in [0.2, 0.25) is 0 Å². The quantitative estimate of drug-likeness (QED) is 0.837. The van der Waals surface area contributed by atoms with E-state index in [0.29, 0.717) is 0 Å². The number of nitrogens with one attached hydrogen (secondary N) is 1. The Labute approximate surface area is 96.5 Å². The molecule has 0 aliphatic rings. The van der Waals surface area contributed by atoms with Crippen molar-refractivity contribution in [2.45, 2.75) is 0 Å². The standard InChI is InChI=1S/C14H16N2/c1-15-12-8-10-14(11-9-12)16(2)13-6-4-3-5-7-13/h3-11,15H,1-2H3. The minimum atomic E-state index is 1.13. The maximum Gasteiger partial charge on any atom is 0.0409 e. The summed E-state index contributed by atoms with van der Waals surface area (Å²) in [4.78, 5) is 2.17. The van der Waals surface area contributed by atoms with Crippen LogP contribution in [0.25, 0.3) is 0 Å². The summed E-state index contributed by atoms with van der Waals surface area (Å²) in [7, 11) is 4.00. The van der Waals surface area contributed by atoms with Gasteiger partial charge in [-0.05, 0) is 36.4 Å². The molecule has 16 heavy (non-hydrogen) atoms. The zero-order valence-corrected chi connectivity index (χ0v) is 9.64. The molecule has 2 aromatic carbocycles. The summed E-state index contributed by atoms with van der Waals surface area (Å²) < 4.78 is 0. The van der Waals surface area contributed by atoms with E-state index in [4.69, 9.17) is 0 Å². The Balaban J connectivity index is 2.24. The Morgan fingerprint density at radius 2 is 1.38 bits per heavy atom. The van der Waals surface area contributed by atoms with Crippen molar-refractivity contribution in [1.29, 1.82) is 0 Å². The van der Waals surface area contributed by atoms with E-state index in [1.54, 1.807) is 0 Å². The van der Waals surface area contributed by atoms with E-state index in [2.05, 4.69) is 53.7 Å². The topological polar surface area (TPSA) is 15.3 Å². The van der Waals surface area contributed by atoms with Gasteiger partial charge in [-0.25, -0.2) is 0 Å². The molecular formula is C14H16N2. The Bertz CT molecular complexity index is 434. The summed E-state index contributed by atoms with van der Waals surface area (Å²) in [5.74, 6) is 0. The molecule has 0 saturated heterocycles. The molecule has 0 atom stereocenters. The Kier molecular flexibility index (Phi) is 3.10. The summed E-state index contributed by atoms with van der Waals surface area (Å²) in [5.41, 5.74) is 3.51. The van der Waals surface area contributed by atoms with Gasteiger partial charge in [0.15, 0.2) is 0 Å². The number of nitrogens with zero attached hydrogens (tertiary/aromatic N) is 1. The normalized spacial score (nSPS) is 9.88. The first kappa shape index (κ1) is 10.6. The first-order valence-corrected chi connectivity index (χ1v) is 5.38. The minimum absolute atomic E-state index is 1.13. The van der Waals surface area contributed by atoms with Gasteiger partial charge in [-0.2, -0.15) is 0 Å². The molecule has 2 heteroatoms. The van der Waals surface area contributed by atoms with Crippen LogP contribution in [0.1, 0.15) is 0 Å². The minimum Gasteiger partial charge on any atom is -0.388 e. The second-order valence-electron chi connectivity index (χ2n) is 3.69. The van der Waals surface area contributed by atoms with Crippen molar-refractivity contribution in [2.24, 2.45) is 0 Å². The fraction of sp³-hybridized carbons (Fsp3) is 0.143. The Morgan fingerprint density at radius 3 is 1.94 bits per heavy atom. The molecule has 2 nitrogen and oxygen atoms in total. The summed E-state index contributed by atoms with van der Waals surface area (Å²) >= 11 is 0. The van der Waals surface area contributed by atoms with Crippen molar-refractivity contribution in [2.75, 3.05) is 24.3 Å². The highest BCUT2D eigenvalue weighted by Gasteiger charge is 2.02. The monoisotopic (exact) mass is 212 g/mol. The van der Waals surface area contributed by atoms with Crippen molar-refractivity contribution < 1.29 is 0 Å². The molecule has 0 saturated carbocycles. The van der Waals surface area contributed by atoms with Gasteiger partial charge in [-0.15, -0.1) is 0 Å². The molecule has 2 aromatic rings. The molecule has 0 radical (unpaired) electrons. The molecule has 0 fully saturated rings. The number of hydrogen-bond acceptors (Lipinski definition) is 2. The lowest BCUT2D eigenvalue weighted by Crippen LogP contribution is -2.08. The van der Waals surface area contributed by atoms with Gasteiger partial charge in [-0.1, -0.05) is 18.2 Å². The van der Waals surface area contributed by atoms with Gasteiger partial charge in [0.05, 0.1) is 0 Å². The van der Waals surface area contributed by atoms with E-state index in [0.717, 1.165) is 5.69 Å². The Morgan fingerprint density at radius 1 is 0.812 bits per heavy atom. The number of anilines is 3. The van der Waals surface area contributed by atoms with Gasteiger partial charge in [0.1, 0.15) is 0 Å². The van der Waals surface area contributed by atoms with E-state index in [1.165, 1.54) is 11.4 Å². The molecular weight excluding hydrogens is 196 g/mol. The summed E-state index contributed by atoms with van der Waals surface area (Å²) in [5, 5.41) is 3.11. The molecule has 0 spiro atoms. The first-order chi connectivity index (χ1) is 7.81. The van der Waals surface area contributed by atoms with Crippen molar-refractivity contribution >= 4 is 17.1 Å². The molecule has 0 bridgehead atoms. The fourth-order valence-electron chi connectivity index (χ4n) is 1.65. The molecule has 0 heterocycles. The number of rotatable bonds is 3. The zero-order valence-electron chi connectivity index (χ0n) is 9.64. The lowest BCUT2D eigenvalue weighted by Gasteiger charge is -2.19. The molecule has 0 aliphatic carbocycles. The molecule has 1 N–H and O–H groups in total. The first-order valence-electron chi connectivity index (χ1n) is 5.38. The van der Waals surface area contributed by atoms with Crippen LogP contribution >= 0.6 is 0 Å². The second kappa shape index (κ2) is 4.71. The predicted octanol–water partition coefficient (Wildman–Crippen LogP) is 3.50. The van der Waals surface area contributed by atoms with Crippen molar-refractivity contribution in [3.8, 4) is 0 Å². The molecule has 0 aromatic heterocycles. The van der Waals surface area contributed by atoms with E-state index in [-0.39, 0.29) is 0 Å². The molecule has 2 rings (SSSR count). The summed E-state index contributed by atoms with van der Waals surface area (Å²) in [6.45, 7) is 0. The van der Waals surface area contributed by atoms with E-state index < -0.39 is 0 Å². The molecule has 0 aliphatic heterocycles. The van der Waals surface area contributed by atoms with Crippen LogP contribution in [-0.2, 0) is 0 Å². The molecule has 82 valence electrons. The van der Waals surface area contributed by atoms with Gasteiger partial charge in [0.2, 0.25) is 0 Å². The van der Waals surface area contributed by atoms with Crippen LogP contribution < -0.4 is 10.2 Å². The highest BCUT2D eigenvalue weighted by Crippen LogP contribution is 2.24. The maximum atomic E-state index is 3.11. The van der Waals surface area contributed by atoms with Crippen molar-refractivity contribution in [3.63, 3.8) is 0 Å². The smallest absolute Gasteiger partial charge is 0.0409 e. The molecule has 0 unspecified atom stereocenters. The van der Waals surface area contributed by atoms with Crippen molar-refractivity contribution in [3.05, 3.63) is 54.6 Å². The van der Waals surface area contributed by atoms with Crippen LogP contribution in [0.3, 0.4) is 0 Å². The number of hydrogen-bond donors (Lipinski definition) is 1. The van der Waals surface area contributed by atoms with Crippen LogP contribution in [-0.4, -0.2) is 14.1 Å². The fourth-order valence-corrected chi connectivity index (χ4v) is 1.65. The summed E-state index contributed by atoms with van der Waals surface area (Å²) in [6, 6.07) is 18.7. The maximum absolute atomic E-state index is 3.11. The average molecular weight is 212 g/mol. The van der Waals surface area contributed by atoms with E-state index >= 15 is 0 Å². The van der Waals surface area contributed by atoms with E-state index in [1.807, 2.05) is 25.2 Å². The van der Waals surface area contributed by atoms with E-state index in [9.17, 15) is 0 Å². The lowest BCUT2D eigenvalue weighted by atomic mass is 10.2. The third-order valence-corrected chi connectivity index (χ3v) is 2.69. The third kappa shape index (κ3) is 2.16. The highest BCUT2D eigenvalue weighted by molar-refractivity contribution is 5.64.